The summed E-state index contributed by atoms with van der Waals surface area (Å²) in [7, 11) is 0. The summed E-state index contributed by atoms with van der Waals surface area (Å²) in [6.07, 6.45) is 0. The number of rotatable bonds is 5. The van der Waals surface area contributed by atoms with Crippen molar-refractivity contribution in [3.63, 3.8) is 0 Å². The molecule has 0 atom stereocenters. The predicted octanol–water partition coefficient (Wildman–Crippen LogP) is 3.93. The van der Waals surface area contributed by atoms with E-state index in [-0.39, 0.29) is 0 Å². The van der Waals surface area contributed by atoms with E-state index in [0.29, 0.717) is 12.6 Å². The maximum atomic E-state index is 5.84. The van der Waals surface area contributed by atoms with E-state index in [1.54, 1.807) is 0 Å². The molecule has 0 saturated heterocycles. The van der Waals surface area contributed by atoms with Crippen molar-refractivity contribution in [1.82, 2.24) is 4.57 Å². The molecule has 3 heteroatoms. The molecule has 2 rings (SSSR count). The molecule has 0 aliphatic heterocycles. The van der Waals surface area contributed by atoms with Gasteiger partial charge in [0.05, 0.1) is 0 Å². The predicted molar refractivity (Wildman–Crippen MR) is 82.1 cm³/mol. The van der Waals surface area contributed by atoms with Crippen LogP contribution in [0.4, 0.5) is 0 Å². The molecule has 0 amide bonds. The van der Waals surface area contributed by atoms with E-state index in [9.17, 15) is 0 Å². The standard InChI is InChI=1S/C15H22N2S/c1-4-18-10-13-8-14-12(9-16)6-5-7-15(14)17(13)11(2)3/h5-8,11H,4,9-10,16H2,1-3H3. The molecule has 0 aliphatic rings. The fourth-order valence-corrected chi connectivity index (χ4v) is 3.11. The summed E-state index contributed by atoms with van der Waals surface area (Å²) >= 11 is 1.97. The second-order valence-corrected chi connectivity index (χ2v) is 6.06. The highest BCUT2D eigenvalue weighted by Crippen LogP contribution is 2.29. The number of benzene rings is 1. The molecule has 18 heavy (non-hydrogen) atoms. The molecule has 0 radical (unpaired) electrons. The van der Waals surface area contributed by atoms with Crippen LogP contribution < -0.4 is 5.73 Å². The maximum Gasteiger partial charge on any atom is 0.0488 e. The fraction of sp³-hybridized carbons (Fsp3) is 0.467. The lowest BCUT2D eigenvalue weighted by Gasteiger charge is -2.14. The minimum atomic E-state index is 0.489. The van der Waals surface area contributed by atoms with Gasteiger partial charge in [0.15, 0.2) is 0 Å². The molecule has 98 valence electrons. The average molecular weight is 262 g/mol. The van der Waals surface area contributed by atoms with Crippen molar-refractivity contribution in [2.24, 2.45) is 5.73 Å². The van der Waals surface area contributed by atoms with Gasteiger partial charge < -0.3 is 10.3 Å². The molecule has 2 aromatic rings. The number of nitrogens with two attached hydrogens (primary N) is 1. The van der Waals surface area contributed by atoms with Crippen LogP contribution in [0.25, 0.3) is 10.9 Å². The molecule has 2 N–H and O–H groups in total. The molecule has 0 bridgehead atoms. The molecule has 0 fully saturated rings. The first-order valence-corrected chi connectivity index (χ1v) is 7.74. The minimum Gasteiger partial charge on any atom is -0.341 e. The summed E-state index contributed by atoms with van der Waals surface area (Å²) in [5.41, 5.74) is 9.81. The molecule has 1 aromatic heterocycles. The van der Waals surface area contributed by atoms with E-state index < -0.39 is 0 Å². The Morgan fingerprint density at radius 1 is 1.33 bits per heavy atom. The second kappa shape index (κ2) is 5.81. The maximum absolute atomic E-state index is 5.84. The number of aromatic nitrogens is 1. The first-order valence-electron chi connectivity index (χ1n) is 6.58. The summed E-state index contributed by atoms with van der Waals surface area (Å²) in [5, 5.41) is 1.32. The van der Waals surface area contributed by atoms with Gasteiger partial charge in [-0.25, -0.2) is 0 Å². The van der Waals surface area contributed by atoms with Gasteiger partial charge in [0.25, 0.3) is 0 Å². The first kappa shape index (κ1) is 13.5. The number of fused-ring (bicyclic) bond motifs is 1. The van der Waals surface area contributed by atoms with Crippen LogP contribution in [-0.4, -0.2) is 10.3 Å². The average Bonchev–Trinajstić information content (AvgIpc) is 2.74. The van der Waals surface area contributed by atoms with E-state index in [1.165, 1.54) is 22.2 Å². The SMILES string of the molecule is CCSCc1cc2c(CN)cccc2n1C(C)C. The van der Waals surface area contributed by atoms with Crippen molar-refractivity contribution >= 4 is 22.7 Å². The van der Waals surface area contributed by atoms with Crippen LogP contribution in [0.15, 0.2) is 24.3 Å². The molecule has 1 heterocycles. The van der Waals surface area contributed by atoms with Gasteiger partial charge >= 0.3 is 0 Å². The molecular weight excluding hydrogens is 240 g/mol. The molecule has 1 aromatic carbocycles. The Bertz CT molecular complexity index is 529. The van der Waals surface area contributed by atoms with Gasteiger partial charge in [-0.05, 0) is 37.3 Å². The fourth-order valence-electron chi connectivity index (χ4n) is 2.47. The Morgan fingerprint density at radius 2 is 2.11 bits per heavy atom. The zero-order valence-corrected chi connectivity index (χ0v) is 12.3. The second-order valence-electron chi connectivity index (χ2n) is 4.79. The third kappa shape index (κ3) is 2.43. The van der Waals surface area contributed by atoms with E-state index >= 15 is 0 Å². The zero-order chi connectivity index (χ0) is 13.1. The smallest absolute Gasteiger partial charge is 0.0488 e. The first-order chi connectivity index (χ1) is 8.69. The normalized spacial score (nSPS) is 11.6. The van der Waals surface area contributed by atoms with E-state index in [4.69, 9.17) is 5.73 Å². The van der Waals surface area contributed by atoms with Crippen molar-refractivity contribution in [1.29, 1.82) is 0 Å². The summed E-state index contributed by atoms with van der Waals surface area (Å²) in [5.74, 6) is 2.23. The Labute approximate surface area is 114 Å². The molecule has 0 unspecified atom stereocenters. The number of hydrogen-bond donors (Lipinski definition) is 1. The van der Waals surface area contributed by atoms with Crippen LogP contribution in [-0.2, 0) is 12.3 Å². The van der Waals surface area contributed by atoms with E-state index in [2.05, 4.69) is 49.6 Å². The van der Waals surface area contributed by atoms with Crippen LogP contribution >= 0.6 is 11.8 Å². The third-order valence-corrected chi connectivity index (χ3v) is 4.15. The van der Waals surface area contributed by atoms with Crippen LogP contribution in [0.1, 0.15) is 38.1 Å². The van der Waals surface area contributed by atoms with Crippen LogP contribution in [0.5, 0.6) is 0 Å². The lowest BCUT2D eigenvalue weighted by atomic mass is 10.1. The van der Waals surface area contributed by atoms with Crippen molar-refractivity contribution in [2.75, 3.05) is 5.75 Å². The van der Waals surface area contributed by atoms with Gasteiger partial charge in [0.1, 0.15) is 0 Å². The minimum absolute atomic E-state index is 0.489. The summed E-state index contributed by atoms with van der Waals surface area (Å²) in [6.45, 7) is 7.31. The lowest BCUT2D eigenvalue weighted by Crippen LogP contribution is -2.04. The molecule has 2 nitrogen and oxygen atoms in total. The molecule has 0 aliphatic carbocycles. The van der Waals surface area contributed by atoms with Crippen molar-refractivity contribution in [3.8, 4) is 0 Å². The Morgan fingerprint density at radius 3 is 2.72 bits per heavy atom. The topological polar surface area (TPSA) is 30.9 Å². The third-order valence-electron chi connectivity index (χ3n) is 3.24. The lowest BCUT2D eigenvalue weighted by molar-refractivity contribution is 0.606. The highest BCUT2D eigenvalue weighted by molar-refractivity contribution is 7.98. The summed E-state index contributed by atoms with van der Waals surface area (Å²) in [6, 6.07) is 9.25. The Hall–Kier alpha value is -0.930. The Kier molecular flexibility index (Phi) is 4.36. The van der Waals surface area contributed by atoms with Gasteiger partial charge in [0.2, 0.25) is 0 Å². The van der Waals surface area contributed by atoms with Crippen molar-refractivity contribution in [2.45, 2.75) is 39.1 Å². The van der Waals surface area contributed by atoms with Crippen LogP contribution in [0.3, 0.4) is 0 Å². The van der Waals surface area contributed by atoms with Crippen LogP contribution in [0.2, 0.25) is 0 Å². The molecular formula is C15H22N2S. The highest BCUT2D eigenvalue weighted by atomic mass is 32.2. The van der Waals surface area contributed by atoms with E-state index in [1.807, 2.05) is 11.8 Å². The van der Waals surface area contributed by atoms with Gasteiger partial charge in [-0.3, -0.25) is 0 Å². The van der Waals surface area contributed by atoms with Crippen molar-refractivity contribution < 1.29 is 0 Å². The molecule has 0 spiro atoms. The summed E-state index contributed by atoms with van der Waals surface area (Å²) < 4.78 is 2.44. The van der Waals surface area contributed by atoms with Crippen molar-refractivity contribution in [3.05, 3.63) is 35.5 Å². The Balaban J connectivity index is 2.59. The molecule has 0 saturated carbocycles. The van der Waals surface area contributed by atoms with Gasteiger partial charge in [-0.1, -0.05) is 19.1 Å². The number of nitrogens with zero attached hydrogens (tertiary/aromatic N) is 1. The van der Waals surface area contributed by atoms with Gasteiger partial charge in [-0.15, -0.1) is 0 Å². The highest BCUT2D eigenvalue weighted by Gasteiger charge is 2.12. The largest absolute Gasteiger partial charge is 0.341 e. The van der Waals surface area contributed by atoms with Gasteiger partial charge in [-0.2, -0.15) is 11.8 Å². The number of hydrogen-bond acceptors (Lipinski definition) is 2. The van der Waals surface area contributed by atoms with E-state index in [0.717, 1.165) is 11.5 Å². The van der Waals surface area contributed by atoms with Crippen LogP contribution in [0, 0.1) is 0 Å². The number of thioether (sulfide) groups is 1. The summed E-state index contributed by atoms with van der Waals surface area (Å²) in [4.78, 5) is 0. The zero-order valence-electron chi connectivity index (χ0n) is 11.4. The quantitative estimate of drug-likeness (QED) is 0.885. The van der Waals surface area contributed by atoms with Gasteiger partial charge in [0, 0.05) is 34.9 Å². The monoisotopic (exact) mass is 262 g/mol.